The Kier molecular flexibility index (Phi) is 5.60. The number of rotatable bonds is 4. The van der Waals surface area contributed by atoms with Gasteiger partial charge in [0.2, 0.25) is 0 Å². The smallest absolute Gasteiger partial charge is 0.323 e. The van der Waals surface area contributed by atoms with Gasteiger partial charge in [-0.25, -0.2) is 0 Å². The maximum atomic E-state index is 13.7. The van der Waals surface area contributed by atoms with E-state index in [1.165, 1.54) is 7.11 Å². The van der Waals surface area contributed by atoms with Crippen LogP contribution in [0.15, 0.2) is 53.0 Å². The normalized spacial score (nSPS) is 30.4. The van der Waals surface area contributed by atoms with Crippen LogP contribution < -0.4 is 5.32 Å². The Morgan fingerprint density at radius 2 is 1.80 bits per heavy atom. The molecular formula is C23H21BrClNO4. The van der Waals surface area contributed by atoms with Gasteiger partial charge in [-0.1, -0.05) is 51.8 Å². The quantitative estimate of drug-likeness (QED) is 0.519. The molecule has 5 atom stereocenters. The van der Waals surface area contributed by atoms with Gasteiger partial charge >= 0.3 is 5.97 Å². The average Bonchev–Trinajstić information content (AvgIpc) is 3.19. The molecule has 1 aliphatic heterocycles. The number of ketones is 2. The van der Waals surface area contributed by atoms with Crippen LogP contribution in [0.4, 0.5) is 0 Å². The van der Waals surface area contributed by atoms with Gasteiger partial charge in [0.1, 0.15) is 6.04 Å². The third-order valence-electron chi connectivity index (χ3n) is 6.29. The molecule has 7 heteroatoms. The lowest BCUT2D eigenvalue weighted by molar-refractivity contribution is -0.146. The molecule has 2 aromatic carbocycles. The summed E-state index contributed by atoms with van der Waals surface area (Å²) in [6.07, 6.45) is 0.290. The predicted octanol–water partition coefficient (Wildman–Crippen LogP) is 3.92. The van der Waals surface area contributed by atoms with Crippen molar-refractivity contribution < 1.29 is 19.1 Å². The Hall–Kier alpha value is -2.02. The summed E-state index contributed by atoms with van der Waals surface area (Å²) in [6, 6.07) is 13.4. The third-order valence-corrected chi connectivity index (χ3v) is 7.03. The van der Waals surface area contributed by atoms with E-state index >= 15 is 0 Å². The lowest BCUT2D eigenvalue weighted by Crippen LogP contribution is -2.44. The highest BCUT2D eigenvalue weighted by Gasteiger charge is 2.66. The van der Waals surface area contributed by atoms with Crippen molar-refractivity contribution in [2.45, 2.75) is 25.4 Å². The molecule has 2 aliphatic rings. The highest BCUT2D eigenvalue weighted by molar-refractivity contribution is 9.10. The fraction of sp³-hybridized carbons (Fsp3) is 0.348. The van der Waals surface area contributed by atoms with Crippen LogP contribution in [-0.2, 0) is 25.5 Å². The molecule has 2 aromatic rings. The number of hydrogen-bond donors (Lipinski definition) is 1. The molecule has 1 saturated carbocycles. The number of esters is 1. The van der Waals surface area contributed by atoms with Crippen molar-refractivity contribution in [1.82, 2.24) is 5.32 Å². The second-order valence-electron chi connectivity index (χ2n) is 8.12. The second kappa shape index (κ2) is 7.91. The van der Waals surface area contributed by atoms with E-state index in [1.54, 1.807) is 19.1 Å². The van der Waals surface area contributed by atoms with Gasteiger partial charge in [-0.2, -0.15) is 0 Å². The summed E-state index contributed by atoms with van der Waals surface area (Å²) in [5.41, 5.74) is 0.502. The second-order valence-corrected chi connectivity index (χ2v) is 9.47. The molecular weight excluding hydrogens is 470 g/mol. The topological polar surface area (TPSA) is 72.5 Å². The van der Waals surface area contributed by atoms with Crippen LogP contribution in [0.5, 0.6) is 0 Å². The van der Waals surface area contributed by atoms with E-state index in [4.69, 9.17) is 16.3 Å². The first-order chi connectivity index (χ1) is 14.3. The van der Waals surface area contributed by atoms with Gasteiger partial charge in [0.25, 0.3) is 0 Å². The lowest BCUT2D eigenvalue weighted by atomic mass is 9.78. The standard InChI is InChI=1S/C23H21BrClNO4/c1-23(11-12-4-3-5-14(24)10-12)20(27)16-17(21(23)28)19(22(29)30-2)26-18(16)13-6-8-15(25)9-7-13/h3-10,16-19,26H,11H2,1-2H3/t16-,17+,18-,19-,23-/m1/s1. The first-order valence-corrected chi connectivity index (χ1v) is 10.9. The van der Waals surface area contributed by atoms with Crippen molar-refractivity contribution in [2.75, 3.05) is 7.11 Å². The summed E-state index contributed by atoms with van der Waals surface area (Å²) < 4.78 is 5.82. The number of nitrogens with one attached hydrogen (secondary N) is 1. The van der Waals surface area contributed by atoms with Crippen molar-refractivity contribution in [3.05, 3.63) is 69.2 Å². The largest absolute Gasteiger partial charge is 0.468 e. The van der Waals surface area contributed by atoms with Gasteiger partial charge in [-0.05, 0) is 48.7 Å². The van der Waals surface area contributed by atoms with Crippen LogP contribution in [-0.4, -0.2) is 30.7 Å². The number of hydrogen-bond acceptors (Lipinski definition) is 5. The van der Waals surface area contributed by atoms with Gasteiger partial charge in [0, 0.05) is 15.5 Å². The third kappa shape index (κ3) is 3.41. The number of Topliss-reactive ketones (excluding diaryl/α,β-unsaturated/α-hetero) is 2. The zero-order valence-electron chi connectivity index (χ0n) is 16.5. The summed E-state index contributed by atoms with van der Waals surface area (Å²) >= 11 is 9.45. The summed E-state index contributed by atoms with van der Waals surface area (Å²) in [7, 11) is 1.29. The maximum Gasteiger partial charge on any atom is 0.323 e. The number of carbonyl (C=O) groups is 3. The number of halogens is 2. The molecule has 4 rings (SSSR count). The molecule has 1 saturated heterocycles. The molecule has 0 amide bonds. The number of methoxy groups -OCH3 is 1. The van der Waals surface area contributed by atoms with Crippen LogP contribution in [0.25, 0.3) is 0 Å². The first-order valence-electron chi connectivity index (χ1n) is 9.68. The predicted molar refractivity (Wildman–Crippen MR) is 116 cm³/mol. The molecule has 0 spiro atoms. The summed E-state index contributed by atoms with van der Waals surface area (Å²) in [5.74, 6) is -2.29. The van der Waals surface area contributed by atoms with Crippen molar-refractivity contribution in [3.8, 4) is 0 Å². The number of ether oxygens (including phenoxy) is 1. The van der Waals surface area contributed by atoms with E-state index in [0.717, 1.165) is 15.6 Å². The van der Waals surface area contributed by atoms with E-state index in [2.05, 4.69) is 21.2 Å². The lowest BCUT2D eigenvalue weighted by Gasteiger charge is -2.26. The van der Waals surface area contributed by atoms with E-state index < -0.39 is 35.3 Å². The molecule has 30 heavy (non-hydrogen) atoms. The summed E-state index contributed by atoms with van der Waals surface area (Å²) in [5, 5.41) is 3.76. The first kappa shape index (κ1) is 21.2. The van der Waals surface area contributed by atoms with Crippen LogP contribution >= 0.6 is 27.5 Å². The SMILES string of the molecule is COC(=O)[C@@H]1N[C@H](c2ccc(Cl)cc2)[C@@H]2C(=O)[C@@](C)(Cc3cccc(Br)c3)C(=O)[C@@H]21. The fourth-order valence-electron chi connectivity index (χ4n) is 4.85. The number of fused-ring (bicyclic) bond motifs is 1. The van der Waals surface area contributed by atoms with Gasteiger partial charge in [-0.3, -0.25) is 19.7 Å². The highest BCUT2D eigenvalue weighted by atomic mass is 79.9. The minimum Gasteiger partial charge on any atom is -0.468 e. The molecule has 0 bridgehead atoms. The molecule has 0 radical (unpaired) electrons. The van der Waals surface area contributed by atoms with Gasteiger partial charge in [0.05, 0.1) is 24.4 Å². The Morgan fingerprint density at radius 1 is 1.13 bits per heavy atom. The number of carbonyl (C=O) groups excluding carboxylic acids is 3. The summed E-state index contributed by atoms with van der Waals surface area (Å²) in [4.78, 5) is 39.7. The Morgan fingerprint density at radius 3 is 2.43 bits per heavy atom. The maximum absolute atomic E-state index is 13.7. The van der Waals surface area contributed by atoms with E-state index in [9.17, 15) is 14.4 Å². The molecule has 1 aliphatic carbocycles. The van der Waals surface area contributed by atoms with Crippen molar-refractivity contribution in [3.63, 3.8) is 0 Å². The zero-order chi connectivity index (χ0) is 21.6. The van der Waals surface area contributed by atoms with Gasteiger partial charge < -0.3 is 4.74 Å². The molecule has 2 fully saturated rings. The fourth-order valence-corrected chi connectivity index (χ4v) is 5.42. The highest BCUT2D eigenvalue weighted by Crippen LogP contribution is 2.51. The Balaban J connectivity index is 1.75. The Labute approximate surface area is 188 Å². The van der Waals surface area contributed by atoms with Crippen LogP contribution in [0.1, 0.15) is 24.1 Å². The minimum absolute atomic E-state index is 0.142. The van der Waals surface area contributed by atoms with Gasteiger partial charge in [-0.15, -0.1) is 0 Å². The van der Waals surface area contributed by atoms with Crippen LogP contribution in [0, 0.1) is 17.3 Å². The zero-order valence-corrected chi connectivity index (χ0v) is 18.9. The monoisotopic (exact) mass is 489 g/mol. The van der Waals surface area contributed by atoms with Crippen molar-refractivity contribution >= 4 is 45.1 Å². The Bertz CT molecular complexity index is 1020. The number of benzene rings is 2. The van der Waals surface area contributed by atoms with E-state index in [-0.39, 0.29) is 11.6 Å². The van der Waals surface area contributed by atoms with Crippen molar-refractivity contribution in [2.24, 2.45) is 17.3 Å². The molecule has 0 unspecified atom stereocenters. The summed E-state index contributed by atoms with van der Waals surface area (Å²) in [6.45, 7) is 1.70. The minimum atomic E-state index is -1.20. The molecule has 1 heterocycles. The average molecular weight is 491 g/mol. The van der Waals surface area contributed by atoms with Gasteiger partial charge in [0.15, 0.2) is 11.6 Å². The van der Waals surface area contributed by atoms with E-state index in [0.29, 0.717) is 11.4 Å². The van der Waals surface area contributed by atoms with Crippen LogP contribution in [0.2, 0.25) is 5.02 Å². The molecule has 5 nitrogen and oxygen atoms in total. The van der Waals surface area contributed by atoms with E-state index in [1.807, 2.05) is 36.4 Å². The van der Waals surface area contributed by atoms with Crippen molar-refractivity contribution in [1.29, 1.82) is 0 Å². The van der Waals surface area contributed by atoms with Crippen LogP contribution in [0.3, 0.4) is 0 Å². The molecule has 156 valence electrons. The molecule has 0 aromatic heterocycles. The molecule has 1 N–H and O–H groups in total.